The van der Waals surface area contributed by atoms with Gasteiger partial charge in [-0.3, -0.25) is 19.7 Å². The van der Waals surface area contributed by atoms with Crippen LogP contribution in [0.5, 0.6) is 0 Å². The van der Waals surface area contributed by atoms with Gasteiger partial charge >= 0.3 is 0 Å². The van der Waals surface area contributed by atoms with Crippen LogP contribution in [0.2, 0.25) is 0 Å². The largest absolute Gasteiger partial charge is 0.344 e. The van der Waals surface area contributed by atoms with E-state index in [1.807, 2.05) is 25.1 Å². The van der Waals surface area contributed by atoms with Gasteiger partial charge in [0.15, 0.2) is 0 Å². The summed E-state index contributed by atoms with van der Waals surface area (Å²) in [7, 11) is 0. The van der Waals surface area contributed by atoms with Crippen LogP contribution < -0.4 is 10.6 Å². The average Bonchev–Trinajstić information content (AvgIpc) is 2.79. The predicted octanol–water partition coefficient (Wildman–Crippen LogP) is 0.725. The van der Waals surface area contributed by atoms with Gasteiger partial charge in [0.25, 0.3) is 0 Å². The van der Waals surface area contributed by atoms with Crippen molar-refractivity contribution in [2.45, 2.75) is 38.6 Å². The Labute approximate surface area is 132 Å². The molecule has 0 saturated carbocycles. The van der Waals surface area contributed by atoms with E-state index in [0.29, 0.717) is 19.3 Å². The van der Waals surface area contributed by atoms with E-state index in [9.17, 15) is 14.4 Å². The SMILES string of the molecule is Cc1nc2c(CC(=O)NC3CCCC(=O)NC3=O)cccc2[nH]1. The molecule has 3 amide bonds. The van der Waals surface area contributed by atoms with Gasteiger partial charge in [-0.1, -0.05) is 12.1 Å². The molecule has 120 valence electrons. The number of nitrogens with zero attached hydrogens (tertiary/aromatic N) is 1. The first kappa shape index (κ1) is 15.2. The zero-order valence-electron chi connectivity index (χ0n) is 12.8. The van der Waals surface area contributed by atoms with E-state index in [-0.39, 0.29) is 18.2 Å². The van der Waals surface area contributed by atoms with Gasteiger partial charge in [-0.15, -0.1) is 0 Å². The average molecular weight is 314 g/mol. The van der Waals surface area contributed by atoms with Crippen LogP contribution in [0.25, 0.3) is 11.0 Å². The summed E-state index contributed by atoms with van der Waals surface area (Å²) in [5.74, 6) is -0.194. The standard InChI is InChI=1S/C16H18N4O3/c1-9-17-11-5-2-4-10(15(11)18-9)8-14(22)19-12-6-3-7-13(21)20-16(12)23/h2,4-5,12H,3,6-8H2,1H3,(H,17,18)(H,19,22)(H,20,21,23). The topological polar surface area (TPSA) is 104 Å². The van der Waals surface area contributed by atoms with Gasteiger partial charge in [0, 0.05) is 6.42 Å². The highest BCUT2D eigenvalue weighted by atomic mass is 16.2. The van der Waals surface area contributed by atoms with E-state index in [4.69, 9.17) is 0 Å². The van der Waals surface area contributed by atoms with Gasteiger partial charge in [0.05, 0.1) is 17.5 Å². The number of aromatic amines is 1. The molecular formula is C16H18N4O3. The molecule has 0 bridgehead atoms. The quantitative estimate of drug-likeness (QED) is 0.726. The number of amides is 3. The third kappa shape index (κ3) is 3.39. The van der Waals surface area contributed by atoms with Crippen molar-refractivity contribution in [2.24, 2.45) is 0 Å². The van der Waals surface area contributed by atoms with Crippen LogP contribution in [-0.2, 0) is 20.8 Å². The predicted molar refractivity (Wildman–Crippen MR) is 83.5 cm³/mol. The molecule has 1 fully saturated rings. The van der Waals surface area contributed by atoms with E-state index < -0.39 is 11.9 Å². The van der Waals surface area contributed by atoms with E-state index in [1.54, 1.807) is 0 Å². The minimum absolute atomic E-state index is 0.138. The molecule has 1 aliphatic heterocycles. The summed E-state index contributed by atoms with van der Waals surface area (Å²) >= 11 is 0. The van der Waals surface area contributed by atoms with Gasteiger partial charge in [0.1, 0.15) is 11.9 Å². The van der Waals surface area contributed by atoms with Gasteiger partial charge < -0.3 is 10.3 Å². The fraction of sp³-hybridized carbons (Fsp3) is 0.375. The van der Waals surface area contributed by atoms with Crippen molar-refractivity contribution in [1.29, 1.82) is 0 Å². The van der Waals surface area contributed by atoms with Crippen LogP contribution in [0, 0.1) is 6.92 Å². The number of rotatable bonds is 3. The van der Waals surface area contributed by atoms with Crippen molar-refractivity contribution in [3.05, 3.63) is 29.6 Å². The molecule has 1 unspecified atom stereocenters. The maximum atomic E-state index is 12.3. The summed E-state index contributed by atoms with van der Waals surface area (Å²) in [5.41, 5.74) is 2.45. The third-order valence-corrected chi connectivity index (χ3v) is 3.88. The molecule has 7 nitrogen and oxygen atoms in total. The number of H-pyrrole nitrogens is 1. The molecule has 1 atom stereocenters. The number of hydrogen-bond donors (Lipinski definition) is 3. The van der Waals surface area contributed by atoms with Crippen LogP contribution >= 0.6 is 0 Å². The van der Waals surface area contributed by atoms with Gasteiger partial charge in [-0.05, 0) is 31.4 Å². The fourth-order valence-electron chi connectivity index (χ4n) is 2.80. The second kappa shape index (κ2) is 6.20. The number of hydrogen-bond acceptors (Lipinski definition) is 4. The number of para-hydroxylation sites is 1. The first-order chi connectivity index (χ1) is 11.0. The molecule has 1 saturated heterocycles. The normalized spacial score (nSPS) is 18.6. The number of aromatic nitrogens is 2. The summed E-state index contributed by atoms with van der Waals surface area (Å²) in [6.45, 7) is 1.86. The van der Waals surface area contributed by atoms with Gasteiger partial charge in [-0.2, -0.15) is 0 Å². The first-order valence-electron chi connectivity index (χ1n) is 7.60. The molecule has 2 aromatic rings. The van der Waals surface area contributed by atoms with Crippen molar-refractivity contribution >= 4 is 28.8 Å². The zero-order valence-corrected chi connectivity index (χ0v) is 12.8. The highest BCUT2D eigenvalue weighted by Crippen LogP contribution is 2.17. The van der Waals surface area contributed by atoms with E-state index in [2.05, 4.69) is 20.6 Å². The second-order valence-corrected chi connectivity index (χ2v) is 5.74. The molecule has 7 heteroatoms. The number of carbonyl (C=O) groups excluding carboxylic acids is 3. The molecule has 0 spiro atoms. The second-order valence-electron chi connectivity index (χ2n) is 5.74. The van der Waals surface area contributed by atoms with Gasteiger partial charge in [0.2, 0.25) is 17.7 Å². The Hall–Kier alpha value is -2.70. The fourth-order valence-corrected chi connectivity index (χ4v) is 2.80. The lowest BCUT2D eigenvalue weighted by Crippen LogP contribution is -2.47. The number of nitrogens with one attached hydrogen (secondary N) is 3. The lowest BCUT2D eigenvalue weighted by molar-refractivity contribution is -0.133. The van der Waals surface area contributed by atoms with Crippen LogP contribution in [0.3, 0.4) is 0 Å². The first-order valence-corrected chi connectivity index (χ1v) is 7.60. The number of imidazole rings is 1. The molecule has 2 heterocycles. The van der Waals surface area contributed by atoms with Crippen molar-refractivity contribution in [1.82, 2.24) is 20.6 Å². The Bertz CT molecular complexity index is 781. The molecule has 0 aliphatic carbocycles. The lowest BCUT2D eigenvalue weighted by Gasteiger charge is -2.14. The summed E-state index contributed by atoms with van der Waals surface area (Å²) in [4.78, 5) is 43.0. The Kier molecular flexibility index (Phi) is 4.10. The summed E-state index contributed by atoms with van der Waals surface area (Å²) < 4.78 is 0. The number of imide groups is 1. The van der Waals surface area contributed by atoms with Crippen LogP contribution in [0.4, 0.5) is 0 Å². The van der Waals surface area contributed by atoms with Crippen LogP contribution in [0.15, 0.2) is 18.2 Å². The lowest BCUT2D eigenvalue weighted by atomic mass is 10.1. The maximum Gasteiger partial charge on any atom is 0.249 e. The summed E-state index contributed by atoms with van der Waals surface area (Å²) in [6.07, 6.45) is 1.50. The number of fused-ring (bicyclic) bond motifs is 1. The van der Waals surface area contributed by atoms with Gasteiger partial charge in [-0.25, -0.2) is 4.98 Å². The highest BCUT2D eigenvalue weighted by molar-refractivity contribution is 6.00. The van der Waals surface area contributed by atoms with E-state index in [1.165, 1.54) is 0 Å². The molecule has 3 rings (SSSR count). The minimum Gasteiger partial charge on any atom is -0.344 e. The molecule has 23 heavy (non-hydrogen) atoms. The molecule has 1 aromatic heterocycles. The monoisotopic (exact) mass is 314 g/mol. The zero-order chi connectivity index (χ0) is 16.4. The number of carbonyl (C=O) groups is 3. The Morgan fingerprint density at radius 1 is 1.39 bits per heavy atom. The summed E-state index contributed by atoms with van der Waals surface area (Å²) in [6, 6.07) is 4.95. The van der Waals surface area contributed by atoms with E-state index >= 15 is 0 Å². The van der Waals surface area contributed by atoms with Crippen molar-refractivity contribution in [2.75, 3.05) is 0 Å². The van der Waals surface area contributed by atoms with E-state index in [0.717, 1.165) is 22.4 Å². The Balaban J connectivity index is 1.71. The minimum atomic E-state index is -0.658. The van der Waals surface area contributed by atoms with Crippen LogP contribution in [-0.4, -0.2) is 33.7 Å². The maximum absolute atomic E-state index is 12.3. The smallest absolute Gasteiger partial charge is 0.249 e. The number of benzene rings is 1. The van der Waals surface area contributed by atoms with Crippen molar-refractivity contribution in [3.63, 3.8) is 0 Å². The Morgan fingerprint density at radius 3 is 3.04 bits per heavy atom. The highest BCUT2D eigenvalue weighted by Gasteiger charge is 2.25. The molecule has 1 aromatic carbocycles. The number of aryl methyl sites for hydroxylation is 1. The third-order valence-electron chi connectivity index (χ3n) is 3.88. The summed E-state index contributed by atoms with van der Waals surface area (Å²) in [5, 5.41) is 4.99. The molecule has 1 aliphatic rings. The van der Waals surface area contributed by atoms with Crippen molar-refractivity contribution in [3.8, 4) is 0 Å². The molecule has 3 N–H and O–H groups in total. The molecule has 0 radical (unpaired) electrons. The van der Waals surface area contributed by atoms with Crippen molar-refractivity contribution < 1.29 is 14.4 Å². The van der Waals surface area contributed by atoms with Crippen LogP contribution in [0.1, 0.15) is 30.7 Å². The molecular weight excluding hydrogens is 296 g/mol. The Morgan fingerprint density at radius 2 is 2.22 bits per heavy atom.